The molecule has 0 aromatic heterocycles. The molecule has 6 nitrogen and oxygen atoms in total. The number of amides is 1. The van der Waals surface area contributed by atoms with Gasteiger partial charge in [0.05, 0.1) is 0 Å². The Balaban J connectivity index is 0.00000232. The molecule has 0 radical (unpaired) electrons. The van der Waals surface area contributed by atoms with Crippen LogP contribution in [-0.2, 0) is 20.8 Å². The average molecular weight is 325 g/mol. The monoisotopic (exact) mass is 325 g/mol. The molecule has 0 spiro atoms. The third kappa shape index (κ3) is 8.83. The van der Waals surface area contributed by atoms with E-state index in [0.717, 1.165) is 11.1 Å². The quantitative estimate of drug-likeness (QED) is 0.654. The third-order valence-corrected chi connectivity index (χ3v) is 2.63. The van der Waals surface area contributed by atoms with Crippen molar-refractivity contribution in [1.82, 2.24) is 5.32 Å². The summed E-state index contributed by atoms with van der Waals surface area (Å²) < 4.78 is 5.08. The van der Waals surface area contributed by atoms with E-state index in [1.165, 1.54) is 0 Å². The van der Waals surface area contributed by atoms with Gasteiger partial charge in [-0.05, 0) is 33.3 Å². The van der Waals surface area contributed by atoms with Crippen molar-refractivity contribution in [2.45, 2.75) is 59.6 Å². The van der Waals surface area contributed by atoms with Crippen LogP contribution in [0.4, 0.5) is 4.79 Å². The molecule has 0 saturated carbocycles. The summed E-state index contributed by atoms with van der Waals surface area (Å²) in [7, 11) is 0. The number of hydrogen-bond donors (Lipinski definition) is 2. The molecule has 1 unspecified atom stereocenters. The van der Waals surface area contributed by atoms with Crippen LogP contribution < -0.4 is 5.32 Å². The summed E-state index contributed by atoms with van der Waals surface area (Å²) in [6, 6.07) is 6.44. The van der Waals surface area contributed by atoms with E-state index in [-0.39, 0.29) is 6.42 Å². The van der Waals surface area contributed by atoms with Gasteiger partial charge >= 0.3 is 12.1 Å². The lowest BCUT2D eigenvalue weighted by Gasteiger charge is -2.22. The maximum absolute atomic E-state index is 11.7. The molecule has 0 aliphatic carbocycles. The molecule has 6 heteroatoms. The van der Waals surface area contributed by atoms with Crippen LogP contribution in [0.15, 0.2) is 24.3 Å². The number of hydrogen-bond acceptors (Lipinski definition) is 5. The van der Waals surface area contributed by atoms with Crippen molar-refractivity contribution in [3.8, 4) is 0 Å². The molecule has 0 bridgehead atoms. The molecule has 0 aliphatic rings. The number of aryl methyl sites for hydroxylation is 1. The van der Waals surface area contributed by atoms with Crippen LogP contribution in [0.2, 0.25) is 0 Å². The first-order chi connectivity index (χ1) is 10.7. The molecule has 0 saturated heterocycles. The number of carbonyl (C=O) groups excluding carboxylic acids is 2. The van der Waals surface area contributed by atoms with E-state index in [1.54, 1.807) is 20.8 Å². The standard InChI is InChI=1S/C15H21NO5.C2H6/c1-10-5-7-11(8-6-10)9-12(13(17)21-19)16-14(18)20-15(2,3)4;1-2/h5-8,12,19H,9H2,1-4H3,(H,16,18);1-2H3. The molecular weight excluding hydrogens is 298 g/mol. The number of ether oxygens (including phenoxy) is 1. The zero-order chi connectivity index (χ0) is 18.0. The first kappa shape index (κ1) is 20.9. The van der Waals surface area contributed by atoms with Crippen LogP contribution in [0.3, 0.4) is 0 Å². The van der Waals surface area contributed by atoms with Crippen molar-refractivity contribution in [3.05, 3.63) is 35.4 Å². The Morgan fingerprint density at radius 1 is 1.17 bits per heavy atom. The van der Waals surface area contributed by atoms with E-state index in [9.17, 15) is 9.59 Å². The largest absolute Gasteiger partial charge is 0.444 e. The molecule has 1 aromatic carbocycles. The molecule has 23 heavy (non-hydrogen) atoms. The van der Waals surface area contributed by atoms with E-state index in [1.807, 2.05) is 45.0 Å². The maximum Gasteiger partial charge on any atom is 0.408 e. The second kappa shape index (κ2) is 9.84. The Morgan fingerprint density at radius 2 is 1.70 bits per heavy atom. The van der Waals surface area contributed by atoms with Gasteiger partial charge < -0.3 is 10.1 Å². The van der Waals surface area contributed by atoms with E-state index >= 15 is 0 Å². The summed E-state index contributed by atoms with van der Waals surface area (Å²) in [5, 5.41) is 10.9. The topological polar surface area (TPSA) is 84.9 Å². The second-order valence-corrected chi connectivity index (χ2v) is 5.80. The van der Waals surface area contributed by atoms with Gasteiger partial charge in [-0.25, -0.2) is 9.59 Å². The molecule has 130 valence electrons. The fourth-order valence-electron chi connectivity index (χ4n) is 1.67. The summed E-state index contributed by atoms with van der Waals surface area (Å²) in [5.41, 5.74) is 1.23. The van der Waals surface area contributed by atoms with Gasteiger partial charge in [0.2, 0.25) is 0 Å². The number of alkyl carbamates (subject to hydrolysis) is 1. The first-order valence-corrected chi connectivity index (χ1v) is 7.61. The van der Waals surface area contributed by atoms with Crippen molar-refractivity contribution in [3.63, 3.8) is 0 Å². The van der Waals surface area contributed by atoms with Gasteiger partial charge in [0.1, 0.15) is 11.6 Å². The molecule has 0 heterocycles. The van der Waals surface area contributed by atoms with Crippen LogP contribution in [0.5, 0.6) is 0 Å². The molecule has 1 rings (SSSR count). The Morgan fingerprint density at radius 3 is 2.13 bits per heavy atom. The van der Waals surface area contributed by atoms with Crippen molar-refractivity contribution in [1.29, 1.82) is 0 Å². The van der Waals surface area contributed by atoms with Crippen molar-refractivity contribution in [2.24, 2.45) is 0 Å². The minimum Gasteiger partial charge on any atom is -0.444 e. The minimum absolute atomic E-state index is 0.193. The van der Waals surface area contributed by atoms with E-state index in [4.69, 9.17) is 9.99 Å². The number of benzene rings is 1. The van der Waals surface area contributed by atoms with Gasteiger partial charge in [0, 0.05) is 6.42 Å². The fraction of sp³-hybridized carbons (Fsp3) is 0.529. The predicted molar refractivity (Wildman–Crippen MR) is 88.1 cm³/mol. The number of nitrogens with one attached hydrogen (secondary N) is 1. The zero-order valence-electron chi connectivity index (χ0n) is 14.7. The van der Waals surface area contributed by atoms with Gasteiger partial charge in [0.15, 0.2) is 0 Å². The Bertz CT molecular complexity index is 491. The van der Waals surface area contributed by atoms with Crippen molar-refractivity contribution in [2.75, 3.05) is 0 Å². The smallest absolute Gasteiger partial charge is 0.408 e. The Labute approximate surface area is 137 Å². The molecule has 2 N–H and O–H groups in total. The lowest BCUT2D eigenvalue weighted by molar-refractivity contribution is -0.236. The van der Waals surface area contributed by atoms with E-state index < -0.39 is 23.7 Å². The average Bonchev–Trinajstić information content (AvgIpc) is 2.48. The summed E-state index contributed by atoms with van der Waals surface area (Å²) >= 11 is 0. The molecule has 1 aromatic rings. The highest BCUT2D eigenvalue weighted by molar-refractivity contribution is 5.81. The Kier molecular flexibility index (Phi) is 8.95. The molecular formula is C17H27NO5. The summed E-state index contributed by atoms with van der Waals surface area (Å²) in [6.45, 7) is 11.1. The van der Waals surface area contributed by atoms with Crippen LogP contribution in [0, 0.1) is 6.92 Å². The molecule has 0 aliphatic heterocycles. The normalized spacial score (nSPS) is 11.6. The SMILES string of the molecule is CC.Cc1ccc(CC(NC(=O)OC(C)(C)C)C(=O)OO)cc1. The predicted octanol–water partition coefficient (Wildman–Crippen LogP) is 3.47. The van der Waals surface area contributed by atoms with Gasteiger partial charge in [-0.2, -0.15) is 5.26 Å². The van der Waals surface area contributed by atoms with Gasteiger partial charge in [-0.3, -0.25) is 4.89 Å². The van der Waals surface area contributed by atoms with E-state index in [0.29, 0.717) is 0 Å². The summed E-state index contributed by atoms with van der Waals surface area (Å²) in [5.74, 6) is -0.943. The van der Waals surface area contributed by atoms with E-state index in [2.05, 4.69) is 10.2 Å². The number of rotatable bonds is 4. The second-order valence-electron chi connectivity index (χ2n) is 5.80. The van der Waals surface area contributed by atoms with Crippen LogP contribution in [0.25, 0.3) is 0 Å². The maximum atomic E-state index is 11.7. The van der Waals surface area contributed by atoms with Crippen molar-refractivity contribution < 1.29 is 24.5 Å². The summed E-state index contributed by atoms with van der Waals surface area (Å²) in [6.07, 6.45) is -0.552. The molecule has 1 atom stereocenters. The van der Waals surface area contributed by atoms with Crippen LogP contribution in [0.1, 0.15) is 45.7 Å². The van der Waals surface area contributed by atoms with Crippen LogP contribution >= 0.6 is 0 Å². The fourth-order valence-corrected chi connectivity index (χ4v) is 1.67. The van der Waals surface area contributed by atoms with Gasteiger partial charge in [-0.1, -0.05) is 43.7 Å². The van der Waals surface area contributed by atoms with Crippen LogP contribution in [-0.4, -0.2) is 29.0 Å². The van der Waals surface area contributed by atoms with Gasteiger partial charge in [-0.15, -0.1) is 0 Å². The van der Waals surface area contributed by atoms with Crippen molar-refractivity contribution >= 4 is 12.1 Å². The highest BCUT2D eigenvalue weighted by Crippen LogP contribution is 2.10. The highest BCUT2D eigenvalue weighted by Gasteiger charge is 2.26. The summed E-state index contributed by atoms with van der Waals surface area (Å²) in [4.78, 5) is 27.0. The zero-order valence-corrected chi connectivity index (χ0v) is 14.7. The number of carbonyl (C=O) groups is 2. The minimum atomic E-state index is -1.02. The lowest BCUT2D eigenvalue weighted by Crippen LogP contribution is -2.45. The first-order valence-electron chi connectivity index (χ1n) is 7.61. The lowest BCUT2D eigenvalue weighted by atomic mass is 10.0. The molecule has 0 fully saturated rings. The van der Waals surface area contributed by atoms with Gasteiger partial charge in [0.25, 0.3) is 0 Å². The third-order valence-electron chi connectivity index (χ3n) is 2.63. The molecule has 1 amide bonds. The highest BCUT2D eigenvalue weighted by atomic mass is 17.1. The Hall–Kier alpha value is -2.08.